The van der Waals surface area contributed by atoms with Crippen LogP contribution in [0.3, 0.4) is 0 Å². The number of benzene rings is 1. The third-order valence-corrected chi connectivity index (χ3v) is 3.86. The molecule has 0 aliphatic heterocycles. The van der Waals surface area contributed by atoms with Gasteiger partial charge in [0, 0.05) is 0 Å². The molecule has 0 saturated carbocycles. The Kier molecular flexibility index (Phi) is 6.76. The molecule has 0 radical (unpaired) electrons. The van der Waals surface area contributed by atoms with Gasteiger partial charge in [-0.2, -0.15) is 13.2 Å². The summed E-state index contributed by atoms with van der Waals surface area (Å²) in [5.41, 5.74) is 2.53. The molecule has 0 saturated heterocycles. The second kappa shape index (κ2) is 8.83. The van der Waals surface area contributed by atoms with Crippen LogP contribution in [0.1, 0.15) is 49.6 Å². The van der Waals surface area contributed by atoms with Crippen LogP contribution < -0.4 is 10.1 Å². The van der Waals surface area contributed by atoms with Crippen molar-refractivity contribution in [2.45, 2.75) is 45.3 Å². The Morgan fingerprint density at radius 1 is 1.11 bits per heavy atom. The van der Waals surface area contributed by atoms with Gasteiger partial charge in [-0.3, -0.25) is 9.78 Å². The predicted octanol–water partition coefficient (Wildman–Crippen LogP) is 3.96. The first-order valence-electron chi connectivity index (χ1n) is 8.53. The summed E-state index contributed by atoms with van der Waals surface area (Å²) in [6, 6.07) is 7.42. The second-order valence-electron chi connectivity index (χ2n) is 6.55. The third-order valence-electron chi connectivity index (χ3n) is 3.86. The number of nitrogens with zero attached hydrogens (tertiary/aromatic N) is 2. The molecule has 0 aliphatic rings. The van der Waals surface area contributed by atoms with Gasteiger partial charge in [-0.05, 0) is 24.0 Å². The summed E-state index contributed by atoms with van der Waals surface area (Å²) in [6.45, 7) is 4.50. The molecule has 1 N–H and O–H groups in total. The van der Waals surface area contributed by atoms with Crippen molar-refractivity contribution in [3.63, 3.8) is 0 Å². The van der Waals surface area contributed by atoms with Gasteiger partial charge in [-0.1, -0.05) is 38.1 Å². The molecule has 8 heteroatoms. The molecule has 2 aromatic rings. The normalized spacial score (nSPS) is 12.7. The molecule has 146 valence electrons. The van der Waals surface area contributed by atoms with Crippen LogP contribution in [0, 0.1) is 0 Å². The Balaban J connectivity index is 1.88. The molecule has 1 atom stereocenters. The van der Waals surface area contributed by atoms with Crippen LogP contribution in [0.15, 0.2) is 36.7 Å². The van der Waals surface area contributed by atoms with Crippen molar-refractivity contribution in [3.05, 3.63) is 53.5 Å². The summed E-state index contributed by atoms with van der Waals surface area (Å²) in [5, 5.41) is 2.80. The van der Waals surface area contributed by atoms with Gasteiger partial charge < -0.3 is 10.1 Å². The highest BCUT2D eigenvalue weighted by molar-refractivity contribution is 5.78. The van der Waals surface area contributed by atoms with Crippen LogP contribution in [0.25, 0.3) is 0 Å². The average Bonchev–Trinajstić information content (AvgIpc) is 2.60. The number of carbonyl (C=O) groups excluding carboxylic acids is 1. The van der Waals surface area contributed by atoms with Crippen molar-refractivity contribution in [1.29, 1.82) is 0 Å². The maximum absolute atomic E-state index is 12.2. The molecule has 2 rings (SSSR count). The average molecular weight is 381 g/mol. The Hall–Kier alpha value is -2.64. The van der Waals surface area contributed by atoms with Crippen molar-refractivity contribution in [1.82, 2.24) is 15.3 Å². The van der Waals surface area contributed by atoms with E-state index in [2.05, 4.69) is 33.9 Å². The van der Waals surface area contributed by atoms with Crippen molar-refractivity contribution in [2.75, 3.05) is 6.61 Å². The topological polar surface area (TPSA) is 64.1 Å². The van der Waals surface area contributed by atoms with E-state index >= 15 is 0 Å². The number of rotatable bonds is 7. The van der Waals surface area contributed by atoms with Crippen LogP contribution in [0.4, 0.5) is 13.2 Å². The van der Waals surface area contributed by atoms with E-state index in [1.165, 1.54) is 11.8 Å². The second-order valence-corrected chi connectivity index (χ2v) is 6.55. The summed E-state index contributed by atoms with van der Waals surface area (Å²) in [6.07, 6.45) is -1.82. The number of hydrogen-bond donors (Lipinski definition) is 1. The van der Waals surface area contributed by atoms with Crippen LogP contribution in [0.5, 0.6) is 5.88 Å². The molecule has 0 bridgehead atoms. The molecule has 27 heavy (non-hydrogen) atoms. The van der Waals surface area contributed by atoms with Gasteiger partial charge >= 0.3 is 6.18 Å². The van der Waals surface area contributed by atoms with Gasteiger partial charge in [-0.25, -0.2) is 4.98 Å². The van der Waals surface area contributed by atoms with Gasteiger partial charge in [0.2, 0.25) is 11.8 Å². The minimum atomic E-state index is -4.44. The van der Waals surface area contributed by atoms with Crippen LogP contribution in [0.2, 0.25) is 0 Å². The van der Waals surface area contributed by atoms with Crippen molar-refractivity contribution >= 4 is 5.91 Å². The number of halogens is 3. The molecular formula is C19H22F3N3O2. The van der Waals surface area contributed by atoms with E-state index in [-0.39, 0.29) is 18.2 Å². The molecular weight excluding hydrogens is 359 g/mol. The van der Waals surface area contributed by atoms with E-state index in [4.69, 9.17) is 0 Å². The minimum absolute atomic E-state index is 0.181. The van der Waals surface area contributed by atoms with Crippen LogP contribution in [-0.4, -0.2) is 28.7 Å². The van der Waals surface area contributed by atoms with Crippen molar-refractivity contribution in [3.8, 4) is 5.88 Å². The Bertz CT molecular complexity index is 744. The lowest BCUT2D eigenvalue weighted by molar-refractivity contribution is -0.154. The van der Waals surface area contributed by atoms with E-state index in [0.29, 0.717) is 11.6 Å². The standard InChI is InChI=1S/C19H22F3N3O2/c1-12(2)15-6-4-14(5-7-15)8-17(26)25-13(3)16-9-24-18(10-23-16)27-11-19(20,21)22/h4-7,9-10,12-13H,8,11H2,1-3H3,(H,25,26)/t13-/m1/s1. The molecule has 1 amide bonds. The van der Waals surface area contributed by atoms with Gasteiger partial charge in [0.05, 0.1) is 30.6 Å². The van der Waals surface area contributed by atoms with E-state index in [1.54, 1.807) is 6.92 Å². The third kappa shape index (κ3) is 6.88. The summed E-state index contributed by atoms with van der Waals surface area (Å²) >= 11 is 0. The van der Waals surface area contributed by atoms with Crippen LogP contribution in [-0.2, 0) is 11.2 Å². The highest BCUT2D eigenvalue weighted by Crippen LogP contribution is 2.18. The summed E-state index contributed by atoms with van der Waals surface area (Å²) in [5.74, 6) is 0.0217. The first-order chi connectivity index (χ1) is 12.6. The van der Waals surface area contributed by atoms with E-state index in [9.17, 15) is 18.0 Å². The van der Waals surface area contributed by atoms with E-state index in [1.807, 2.05) is 24.3 Å². The summed E-state index contributed by atoms with van der Waals surface area (Å²) in [4.78, 5) is 20.0. The van der Waals surface area contributed by atoms with E-state index in [0.717, 1.165) is 11.8 Å². The highest BCUT2D eigenvalue weighted by Gasteiger charge is 2.28. The molecule has 0 aliphatic carbocycles. The minimum Gasteiger partial charge on any atom is -0.467 e. The van der Waals surface area contributed by atoms with E-state index < -0.39 is 18.8 Å². The number of aromatic nitrogens is 2. The molecule has 0 fully saturated rings. The number of carbonyl (C=O) groups is 1. The molecule has 1 aromatic heterocycles. The first-order valence-corrected chi connectivity index (χ1v) is 8.53. The number of nitrogens with one attached hydrogen (secondary N) is 1. The number of ether oxygens (including phenoxy) is 1. The zero-order valence-corrected chi connectivity index (χ0v) is 15.4. The first kappa shape index (κ1) is 20.7. The highest BCUT2D eigenvalue weighted by atomic mass is 19.4. The lowest BCUT2D eigenvalue weighted by Gasteiger charge is -2.14. The van der Waals surface area contributed by atoms with Crippen molar-refractivity contribution < 1.29 is 22.7 Å². The fourth-order valence-electron chi connectivity index (χ4n) is 2.35. The number of hydrogen-bond acceptors (Lipinski definition) is 4. The lowest BCUT2D eigenvalue weighted by atomic mass is 10.0. The van der Waals surface area contributed by atoms with Gasteiger partial charge in [0.25, 0.3) is 0 Å². The molecule has 1 heterocycles. The Labute approximate surface area is 156 Å². The predicted molar refractivity (Wildman–Crippen MR) is 94.4 cm³/mol. The summed E-state index contributed by atoms with van der Waals surface area (Å²) < 4.78 is 40.8. The quantitative estimate of drug-likeness (QED) is 0.789. The monoisotopic (exact) mass is 381 g/mol. The zero-order chi connectivity index (χ0) is 20.0. The fourth-order valence-corrected chi connectivity index (χ4v) is 2.35. The molecule has 0 unspecified atom stereocenters. The molecule has 1 aromatic carbocycles. The van der Waals surface area contributed by atoms with Crippen LogP contribution >= 0.6 is 0 Å². The number of amides is 1. The SMILES string of the molecule is CC(C)c1ccc(CC(=O)N[C@H](C)c2cnc(OCC(F)(F)F)cn2)cc1. The Morgan fingerprint density at radius 3 is 2.30 bits per heavy atom. The maximum atomic E-state index is 12.2. The number of alkyl halides is 3. The fraction of sp³-hybridized carbons (Fsp3) is 0.421. The van der Waals surface area contributed by atoms with Gasteiger partial charge in [-0.15, -0.1) is 0 Å². The summed E-state index contributed by atoms with van der Waals surface area (Å²) in [7, 11) is 0. The van der Waals surface area contributed by atoms with Crippen molar-refractivity contribution in [2.24, 2.45) is 0 Å². The molecule has 0 spiro atoms. The van der Waals surface area contributed by atoms with Gasteiger partial charge in [0.15, 0.2) is 6.61 Å². The smallest absolute Gasteiger partial charge is 0.422 e. The molecule has 5 nitrogen and oxygen atoms in total. The maximum Gasteiger partial charge on any atom is 0.422 e. The van der Waals surface area contributed by atoms with Gasteiger partial charge in [0.1, 0.15) is 0 Å². The largest absolute Gasteiger partial charge is 0.467 e. The Morgan fingerprint density at radius 2 is 1.78 bits per heavy atom. The zero-order valence-electron chi connectivity index (χ0n) is 15.4. The lowest BCUT2D eigenvalue weighted by Crippen LogP contribution is -2.28.